The van der Waals surface area contributed by atoms with Crippen molar-refractivity contribution < 1.29 is 9.28 Å². The number of fused-ring (bicyclic) bond motifs is 1. The van der Waals surface area contributed by atoms with E-state index in [2.05, 4.69) is 54.4 Å². The molecule has 0 radical (unpaired) electrons. The van der Waals surface area contributed by atoms with Crippen molar-refractivity contribution in [2.45, 2.75) is 26.2 Å². The summed E-state index contributed by atoms with van der Waals surface area (Å²) in [5.41, 5.74) is 7.18. The van der Waals surface area contributed by atoms with E-state index in [0.717, 1.165) is 30.2 Å². The maximum Gasteiger partial charge on any atom is 0.345 e. The predicted molar refractivity (Wildman–Crippen MR) is 110 cm³/mol. The molecule has 1 fully saturated rings. The highest BCUT2D eigenvalue weighted by atomic mass is 19.2. The van der Waals surface area contributed by atoms with Crippen molar-refractivity contribution in [2.24, 2.45) is 5.92 Å². The number of benzene rings is 2. The van der Waals surface area contributed by atoms with Crippen LogP contribution in [-0.4, -0.2) is 29.0 Å². The van der Waals surface area contributed by atoms with Crippen LogP contribution in [0.15, 0.2) is 54.7 Å². The molecule has 144 valence electrons. The van der Waals surface area contributed by atoms with Gasteiger partial charge in [-0.15, -0.1) is 0 Å². The first-order chi connectivity index (χ1) is 13.7. The molecule has 0 saturated carbocycles. The summed E-state index contributed by atoms with van der Waals surface area (Å²) in [6, 6.07) is 16.5. The molecule has 0 atom stereocenters. The number of rotatable bonds is 3. The molecule has 4 nitrogen and oxygen atoms in total. The van der Waals surface area contributed by atoms with Crippen molar-refractivity contribution in [3.8, 4) is 11.1 Å². The lowest BCUT2D eigenvalue weighted by Gasteiger charge is -2.31. The second-order valence-corrected chi connectivity index (χ2v) is 7.54. The van der Waals surface area contributed by atoms with Crippen molar-refractivity contribution in [1.82, 2.24) is 15.4 Å². The van der Waals surface area contributed by atoms with Crippen molar-refractivity contribution in [2.75, 3.05) is 13.1 Å². The van der Waals surface area contributed by atoms with Crippen LogP contribution in [0.3, 0.4) is 0 Å². The van der Waals surface area contributed by atoms with Gasteiger partial charge in [0.05, 0.1) is 5.52 Å². The third-order valence-corrected chi connectivity index (χ3v) is 5.80. The van der Waals surface area contributed by atoms with Gasteiger partial charge in [-0.3, -0.25) is 4.98 Å². The minimum Gasteiger partial charge on any atom is -0.323 e. The average Bonchev–Trinajstić information content (AvgIpc) is 2.75. The highest BCUT2D eigenvalue weighted by Gasteiger charge is 2.22. The second-order valence-electron chi connectivity index (χ2n) is 7.54. The van der Waals surface area contributed by atoms with Gasteiger partial charge in [-0.25, -0.2) is 4.79 Å². The number of aromatic nitrogens is 1. The molecule has 1 aliphatic rings. The quantitative estimate of drug-likeness (QED) is 0.649. The maximum atomic E-state index is 12.3. The zero-order valence-electron chi connectivity index (χ0n) is 16.0. The Hall–Kier alpha value is -2.95. The number of nitrogens with zero attached hydrogens (tertiary/aromatic N) is 2. The molecule has 1 aliphatic heterocycles. The van der Waals surface area contributed by atoms with Gasteiger partial charge in [-0.1, -0.05) is 46.9 Å². The number of carbonyl (C=O) groups is 1. The van der Waals surface area contributed by atoms with Gasteiger partial charge < -0.3 is 4.90 Å². The number of amides is 2. The Labute approximate surface area is 164 Å². The molecule has 1 N–H and O–H groups in total. The Balaban J connectivity index is 1.45. The first-order valence-electron chi connectivity index (χ1n) is 9.75. The van der Waals surface area contributed by atoms with Gasteiger partial charge in [-0.2, -0.15) is 5.54 Å². The molecule has 0 aliphatic carbocycles. The van der Waals surface area contributed by atoms with Crippen molar-refractivity contribution in [3.05, 3.63) is 65.9 Å². The average molecular weight is 377 g/mol. The van der Waals surface area contributed by atoms with Gasteiger partial charge in [0.2, 0.25) is 0 Å². The molecule has 0 spiro atoms. The Morgan fingerprint density at radius 3 is 2.61 bits per heavy atom. The van der Waals surface area contributed by atoms with E-state index in [1.54, 1.807) is 0 Å². The van der Waals surface area contributed by atoms with Gasteiger partial charge in [0.25, 0.3) is 0 Å². The summed E-state index contributed by atoms with van der Waals surface area (Å²) in [5.74, 6) is 0.529. The molecule has 4 rings (SSSR count). The monoisotopic (exact) mass is 377 g/mol. The zero-order valence-corrected chi connectivity index (χ0v) is 16.0. The molecule has 1 saturated heterocycles. The van der Waals surface area contributed by atoms with Crippen LogP contribution >= 0.6 is 0 Å². The Morgan fingerprint density at radius 1 is 1.14 bits per heavy atom. The maximum absolute atomic E-state index is 12.3. The predicted octanol–water partition coefficient (Wildman–Crippen LogP) is 5.06. The molecule has 2 aromatic carbocycles. The molecule has 0 bridgehead atoms. The summed E-state index contributed by atoms with van der Waals surface area (Å²) in [5, 5.41) is 1.16. The van der Waals surface area contributed by atoms with Gasteiger partial charge in [0, 0.05) is 24.7 Å². The lowest BCUT2D eigenvalue weighted by molar-refractivity contribution is 0.151. The molecule has 2 heterocycles. The van der Waals surface area contributed by atoms with E-state index < -0.39 is 6.03 Å². The van der Waals surface area contributed by atoms with Gasteiger partial charge >= 0.3 is 6.03 Å². The van der Waals surface area contributed by atoms with Crippen LogP contribution in [0.2, 0.25) is 0 Å². The summed E-state index contributed by atoms with van der Waals surface area (Å²) in [6.45, 7) is 3.35. The van der Waals surface area contributed by atoms with Crippen LogP contribution in [0, 0.1) is 12.8 Å². The number of aryl methyl sites for hydroxylation is 1. The van der Waals surface area contributed by atoms with E-state index in [0.29, 0.717) is 19.0 Å². The molecular weight excluding hydrogens is 353 g/mol. The van der Waals surface area contributed by atoms with Crippen LogP contribution < -0.4 is 5.54 Å². The number of nitrogens with one attached hydrogen (secondary N) is 1. The van der Waals surface area contributed by atoms with E-state index in [1.807, 2.05) is 12.3 Å². The van der Waals surface area contributed by atoms with Gasteiger partial charge in [0.15, 0.2) is 0 Å². The SMILES string of the molecule is Cc1c(-c2ccc(CC3CCN(C(=O)NF)CC3)cc2)ccc2cccnc12. The van der Waals surface area contributed by atoms with E-state index in [9.17, 15) is 9.28 Å². The van der Waals surface area contributed by atoms with Crippen molar-refractivity contribution >= 4 is 16.9 Å². The Morgan fingerprint density at radius 2 is 1.89 bits per heavy atom. The normalized spacial score (nSPS) is 15.0. The minimum absolute atomic E-state index is 0.529. The number of likely N-dealkylation sites (tertiary alicyclic amines) is 1. The number of hydrogen-bond donors (Lipinski definition) is 1. The standard InChI is InChI=1S/C23H24FN3O/c1-16-21(9-8-20-3-2-12-25-22(16)20)19-6-4-17(5-7-19)15-18-10-13-27(14-11-18)23(28)26-24/h2-9,12,18H,10-11,13-15H2,1H3,(H,26,28). The van der Waals surface area contributed by atoms with Gasteiger partial charge in [-0.05, 0) is 60.4 Å². The molecule has 28 heavy (non-hydrogen) atoms. The van der Waals surface area contributed by atoms with Crippen molar-refractivity contribution in [3.63, 3.8) is 0 Å². The van der Waals surface area contributed by atoms with Gasteiger partial charge in [0.1, 0.15) is 0 Å². The smallest absolute Gasteiger partial charge is 0.323 e. The highest BCUT2D eigenvalue weighted by Crippen LogP contribution is 2.29. The van der Waals surface area contributed by atoms with E-state index >= 15 is 0 Å². The molecule has 5 heteroatoms. The summed E-state index contributed by atoms with van der Waals surface area (Å²) >= 11 is 0. The third kappa shape index (κ3) is 3.70. The lowest BCUT2D eigenvalue weighted by atomic mass is 9.89. The Kier molecular flexibility index (Phi) is 5.24. The van der Waals surface area contributed by atoms with Crippen molar-refractivity contribution in [1.29, 1.82) is 0 Å². The topological polar surface area (TPSA) is 45.2 Å². The molecular formula is C23H24FN3O. The lowest BCUT2D eigenvalue weighted by Crippen LogP contribution is -2.42. The van der Waals surface area contributed by atoms with Crippen LogP contribution in [-0.2, 0) is 6.42 Å². The number of pyridine rings is 1. The first-order valence-corrected chi connectivity index (χ1v) is 9.75. The zero-order chi connectivity index (χ0) is 19.5. The number of piperidine rings is 1. The Bertz CT molecular complexity index is 979. The number of halogens is 1. The molecule has 3 aromatic rings. The molecule has 0 unspecified atom stereocenters. The van der Waals surface area contributed by atoms with E-state index in [1.165, 1.54) is 32.7 Å². The highest BCUT2D eigenvalue weighted by molar-refractivity contribution is 5.88. The fraction of sp³-hybridized carbons (Fsp3) is 0.304. The summed E-state index contributed by atoms with van der Waals surface area (Å²) < 4.78 is 12.3. The number of carbonyl (C=O) groups excluding carboxylic acids is 1. The van der Waals surface area contributed by atoms with Crippen LogP contribution in [0.4, 0.5) is 9.28 Å². The van der Waals surface area contributed by atoms with E-state index in [-0.39, 0.29) is 0 Å². The first kappa shape index (κ1) is 18.4. The number of urea groups is 1. The fourth-order valence-electron chi connectivity index (χ4n) is 4.16. The fourth-order valence-corrected chi connectivity index (χ4v) is 4.16. The third-order valence-electron chi connectivity index (χ3n) is 5.80. The molecule has 1 aromatic heterocycles. The van der Waals surface area contributed by atoms with Crippen LogP contribution in [0.25, 0.3) is 22.0 Å². The second kappa shape index (κ2) is 7.97. The van der Waals surface area contributed by atoms with E-state index in [4.69, 9.17) is 0 Å². The summed E-state index contributed by atoms with van der Waals surface area (Å²) in [7, 11) is 0. The van der Waals surface area contributed by atoms with Crippen LogP contribution in [0.1, 0.15) is 24.0 Å². The number of hydrogen-bond acceptors (Lipinski definition) is 2. The summed E-state index contributed by atoms with van der Waals surface area (Å²) in [4.78, 5) is 17.4. The minimum atomic E-state index is -0.622. The largest absolute Gasteiger partial charge is 0.345 e. The van der Waals surface area contributed by atoms with Crippen LogP contribution in [0.5, 0.6) is 0 Å². The molecule has 2 amide bonds. The summed E-state index contributed by atoms with van der Waals surface area (Å²) in [6.07, 6.45) is 4.64.